The number of pyridine rings is 1. The van der Waals surface area contributed by atoms with Crippen molar-refractivity contribution in [3.63, 3.8) is 0 Å². The third kappa shape index (κ3) is 4.60. The van der Waals surface area contributed by atoms with Gasteiger partial charge in [0, 0.05) is 6.20 Å². The lowest BCUT2D eigenvalue weighted by molar-refractivity contribution is -0.128. The SMILES string of the molecule is CC[C@H](Oc1ccc(C)cc1)C(=O)NCc1ccccn1. The van der Waals surface area contributed by atoms with Gasteiger partial charge >= 0.3 is 0 Å². The van der Waals surface area contributed by atoms with E-state index in [0.29, 0.717) is 18.7 Å². The molecule has 21 heavy (non-hydrogen) atoms. The van der Waals surface area contributed by atoms with Crippen LogP contribution < -0.4 is 10.1 Å². The van der Waals surface area contributed by atoms with Crippen LogP contribution in [0.25, 0.3) is 0 Å². The van der Waals surface area contributed by atoms with E-state index in [-0.39, 0.29) is 5.91 Å². The minimum atomic E-state index is -0.489. The zero-order valence-electron chi connectivity index (χ0n) is 12.4. The molecule has 1 aromatic heterocycles. The first-order valence-corrected chi connectivity index (χ1v) is 7.10. The maximum atomic E-state index is 12.2. The van der Waals surface area contributed by atoms with Crippen LogP contribution in [0.4, 0.5) is 0 Å². The Hall–Kier alpha value is -2.36. The summed E-state index contributed by atoms with van der Waals surface area (Å²) in [6.07, 6.45) is 1.83. The van der Waals surface area contributed by atoms with Gasteiger partial charge in [0.15, 0.2) is 6.10 Å². The highest BCUT2D eigenvalue weighted by Crippen LogP contribution is 2.14. The molecular formula is C17H20N2O2. The maximum Gasteiger partial charge on any atom is 0.261 e. The third-order valence-electron chi connectivity index (χ3n) is 3.13. The van der Waals surface area contributed by atoms with Crippen molar-refractivity contribution in [1.82, 2.24) is 10.3 Å². The molecule has 1 amide bonds. The number of rotatable bonds is 6. The molecule has 0 saturated carbocycles. The number of carbonyl (C=O) groups is 1. The van der Waals surface area contributed by atoms with Gasteiger partial charge < -0.3 is 10.1 Å². The Morgan fingerprint density at radius 1 is 1.24 bits per heavy atom. The van der Waals surface area contributed by atoms with Crippen molar-refractivity contribution in [2.45, 2.75) is 32.9 Å². The first-order valence-electron chi connectivity index (χ1n) is 7.10. The molecule has 2 rings (SSSR count). The second-order valence-electron chi connectivity index (χ2n) is 4.87. The minimum Gasteiger partial charge on any atom is -0.481 e. The summed E-state index contributed by atoms with van der Waals surface area (Å²) in [6.45, 7) is 4.35. The molecule has 0 aliphatic carbocycles. The normalized spacial score (nSPS) is 11.7. The highest BCUT2D eigenvalue weighted by Gasteiger charge is 2.18. The summed E-state index contributed by atoms with van der Waals surface area (Å²) in [5.41, 5.74) is 1.99. The van der Waals surface area contributed by atoms with Gasteiger partial charge in [0.1, 0.15) is 5.75 Å². The van der Waals surface area contributed by atoms with Crippen molar-refractivity contribution in [1.29, 1.82) is 0 Å². The van der Waals surface area contributed by atoms with Crippen LogP contribution in [0.15, 0.2) is 48.7 Å². The van der Waals surface area contributed by atoms with E-state index in [1.807, 2.05) is 56.3 Å². The van der Waals surface area contributed by atoms with E-state index >= 15 is 0 Å². The van der Waals surface area contributed by atoms with E-state index < -0.39 is 6.10 Å². The zero-order valence-corrected chi connectivity index (χ0v) is 12.4. The fourth-order valence-electron chi connectivity index (χ4n) is 1.90. The monoisotopic (exact) mass is 284 g/mol. The van der Waals surface area contributed by atoms with Gasteiger partial charge in [0.2, 0.25) is 0 Å². The van der Waals surface area contributed by atoms with Crippen molar-refractivity contribution in [2.24, 2.45) is 0 Å². The van der Waals surface area contributed by atoms with Gasteiger partial charge in [-0.05, 0) is 37.6 Å². The summed E-state index contributed by atoms with van der Waals surface area (Å²) >= 11 is 0. The molecule has 110 valence electrons. The Morgan fingerprint density at radius 2 is 2.00 bits per heavy atom. The second kappa shape index (κ2) is 7.43. The van der Waals surface area contributed by atoms with Gasteiger partial charge in [-0.1, -0.05) is 30.7 Å². The van der Waals surface area contributed by atoms with Crippen LogP contribution in [0.2, 0.25) is 0 Å². The summed E-state index contributed by atoms with van der Waals surface area (Å²) in [4.78, 5) is 16.3. The first kappa shape index (κ1) is 15.0. The topological polar surface area (TPSA) is 51.2 Å². The predicted molar refractivity (Wildman–Crippen MR) is 82.0 cm³/mol. The molecule has 1 N–H and O–H groups in total. The molecular weight excluding hydrogens is 264 g/mol. The van der Waals surface area contributed by atoms with Gasteiger partial charge in [0.05, 0.1) is 12.2 Å². The molecule has 0 aliphatic rings. The molecule has 0 unspecified atom stereocenters. The molecule has 4 nitrogen and oxygen atoms in total. The molecule has 0 radical (unpaired) electrons. The number of nitrogens with zero attached hydrogens (tertiary/aromatic N) is 1. The lowest BCUT2D eigenvalue weighted by Crippen LogP contribution is -2.37. The number of hydrogen-bond acceptors (Lipinski definition) is 3. The number of carbonyl (C=O) groups excluding carboxylic acids is 1. The van der Waals surface area contributed by atoms with E-state index in [4.69, 9.17) is 4.74 Å². The highest BCUT2D eigenvalue weighted by molar-refractivity contribution is 5.81. The van der Waals surface area contributed by atoms with Gasteiger partial charge in [-0.15, -0.1) is 0 Å². The van der Waals surface area contributed by atoms with Crippen molar-refractivity contribution in [3.8, 4) is 5.75 Å². The number of hydrogen-bond donors (Lipinski definition) is 1. The highest BCUT2D eigenvalue weighted by atomic mass is 16.5. The van der Waals surface area contributed by atoms with Crippen LogP contribution in [-0.4, -0.2) is 17.0 Å². The summed E-state index contributed by atoms with van der Waals surface area (Å²) in [5.74, 6) is 0.587. The molecule has 0 fully saturated rings. The molecule has 0 aliphatic heterocycles. The molecule has 4 heteroatoms. The van der Waals surface area contributed by atoms with Crippen LogP contribution >= 0.6 is 0 Å². The van der Waals surface area contributed by atoms with Gasteiger partial charge in [0.25, 0.3) is 5.91 Å². The van der Waals surface area contributed by atoms with Crippen LogP contribution in [-0.2, 0) is 11.3 Å². The first-order chi connectivity index (χ1) is 10.2. The molecule has 1 aromatic carbocycles. The largest absolute Gasteiger partial charge is 0.481 e. The van der Waals surface area contributed by atoms with E-state index in [9.17, 15) is 4.79 Å². The number of aryl methyl sites for hydroxylation is 1. The average molecular weight is 284 g/mol. The van der Waals surface area contributed by atoms with Crippen LogP contribution in [0.3, 0.4) is 0 Å². The van der Waals surface area contributed by atoms with Crippen molar-refractivity contribution in [2.75, 3.05) is 0 Å². The lowest BCUT2D eigenvalue weighted by Gasteiger charge is -2.17. The van der Waals surface area contributed by atoms with Crippen molar-refractivity contribution >= 4 is 5.91 Å². The Kier molecular flexibility index (Phi) is 5.32. The Labute approximate surface area is 125 Å². The smallest absolute Gasteiger partial charge is 0.261 e. The number of amides is 1. The van der Waals surface area contributed by atoms with E-state index in [1.165, 1.54) is 0 Å². The number of nitrogens with one attached hydrogen (secondary N) is 1. The molecule has 1 atom stereocenters. The predicted octanol–water partition coefficient (Wildman–Crippen LogP) is 2.86. The molecule has 2 aromatic rings. The van der Waals surface area contributed by atoms with Gasteiger partial charge in [-0.25, -0.2) is 0 Å². The Morgan fingerprint density at radius 3 is 2.62 bits per heavy atom. The maximum absolute atomic E-state index is 12.2. The molecule has 0 saturated heterocycles. The quantitative estimate of drug-likeness (QED) is 0.887. The van der Waals surface area contributed by atoms with Gasteiger partial charge in [-0.3, -0.25) is 9.78 Å². The molecule has 1 heterocycles. The summed E-state index contributed by atoms with van der Waals surface area (Å²) in [7, 11) is 0. The van der Waals surface area contributed by atoms with Gasteiger partial charge in [-0.2, -0.15) is 0 Å². The summed E-state index contributed by atoms with van der Waals surface area (Å²) in [6, 6.07) is 13.3. The number of ether oxygens (including phenoxy) is 1. The zero-order chi connectivity index (χ0) is 15.1. The number of aromatic nitrogens is 1. The Bertz CT molecular complexity index is 567. The van der Waals surface area contributed by atoms with E-state index in [0.717, 1.165) is 11.3 Å². The van der Waals surface area contributed by atoms with Crippen LogP contribution in [0, 0.1) is 6.92 Å². The average Bonchev–Trinajstić information content (AvgIpc) is 2.53. The second-order valence-corrected chi connectivity index (χ2v) is 4.87. The van der Waals surface area contributed by atoms with E-state index in [1.54, 1.807) is 6.20 Å². The summed E-state index contributed by atoms with van der Waals surface area (Å²) in [5, 5.41) is 2.86. The van der Waals surface area contributed by atoms with Crippen LogP contribution in [0.1, 0.15) is 24.6 Å². The fraction of sp³-hybridized carbons (Fsp3) is 0.294. The standard InChI is InChI=1S/C17H20N2O2/c1-3-16(21-15-9-7-13(2)8-10-15)17(20)19-12-14-6-4-5-11-18-14/h4-11,16H,3,12H2,1-2H3,(H,19,20)/t16-/m0/s1. The Balaban J connectivity index is 1.90. The molecule has 0 spiro atoms. The molecule has 0 bridgehead atoms. The lowest BCUT2D eigenvalue weighted by atomic mass is 10.2. The van der Waals surface area contributed by atoms with Crippen LogP contribution in [0.5, 0.6) is 5.75 Å². The minimum absolute atomic E-state index is 0.122. The summed E-state index contributed by atoms with van der Waals surface area (Å²) < 4.78 is 5.74. The number of benzene rings is 1. The van der Waals surface area contributed by atoms with E-state index in [2.05, 4.69) is 10.3 Å². The fourth-order valence-corrected chi connectivity index (χ4v) is 1.90. The van der Waals surface area contributed by atoms with Crippen molar-refractivity contribution in [3.05, 3.63) is 59.9 Å². The third-order valence-corrected chi connectivity index (χ3v) is 3.13. The van der Waals surface area contributed by atoms with Crippen molar-refractivity contribution < 1.29 is 9.53 Å².